The molecule has 1 saturated heterocycles. The second-order valence-corrected chi connectivity index (χ2v) is 13.4. The van der Waals surface area contributed by atoms with E-state index < -0.39 is 15.9 Å². The molecule has 0 spiro atoms. The van der Waals surface area contributed by atoms with E-state index in [1.54, 1.807) is 31.2 Å². The number of anilines is 1. The van der Waals surface area contributed by atoms with Crippen LogP contribution in [-0.4, -0.2) is 56.5 Å². The van der Waals surface area contributed by atoms with Crippen LogP contribution in [0.25, 0.3) is 0 Å². The first-order valence-electron chi connectivity index (χ1n) is 13.4. The van der Waals surface area contributed by atoms with Crippen molar-refractivity contribution in [3.8, 4) is 0 Å². The quantitative estimate of drug-likeness (QED) is 0.425. The van der Waals surface area contributed by atoms with E-state index in [2.05, 4.69) is 5.32 Å². The average molecular weight is 563 g/mol. The van der Waals surface area contributed by atoms with Crippen molar-refractivity contribution in [3.05, 3.63) is 40.4 Å². The number of hydrogen-bond donors (Lipinski definition) is 1. The van der Waals surface area contributed by atoms with Crippen molar-refractivity contribution >= 4 is 38.2 Å². The molecule has 1 aromatic heterocycles. The lowest BCUT2D eigenvalue weighted by Gasteiger charge is -2.27. The van der Waals surface area contributed by atoms with Gasteiger partial charge in [-0.05, 0) is 69.6 Å². The Kier molecular flexibility index (Phi) is 8.47. The standard InChI is InChI=1S/C27H34N2O7S2/c1-2-35-23(30)16-18-4-3-5-22-24(18)28-27(37-22)29-26(31)25(36-19-12-14-34-15-13-19)17-6-8-20(9-7-17)38(32,33)21-10-11-21/h6-9,18-19,21,25H,2-5,10-16H2,1H3,(H,28,29,31). The number of carbonyl (C=O) groups is 2. The third kappa shape index (κ3) is 6.27. The Morgan fingerprint density at radius 3 is 2.55 bits per heavy atom. The Balaban J connectivity index is 1.34. The summed E-state index contributed by atoms with van der Waals surface area (Å²) in [5, 5.41) is 3.12. The number of sulfone groups is 1. The second-order valence-electron chi connectivity index (χ2n) is 10.1. The fourth-order valence-corrected chi connectivity index (χ4v) is 7.80. The normalized spacial score (nSPS) is 20.9. The van der Waals surface area contributed by atoms with Crippen LogP contribution in [0.5, 0.6) is 0 Å². The summed E-state index contributed by atoms with van der Waals surface area (Å²) in [6.45, 7) is 3.27. The number of hydrogen-bond acceptors (Lipinski definition) is 9. The summed E-state index contributed by atoms with van der Waals surface area (Å²) in [5.41, 5.74) is 1.45. The van der Waals surface area contributed by atoms with Crippen LogP contribution >= 0.6 is 11.3 Å². The van der Waals surface area contributed by atoms with Crippen LogP contribution in [0.3, 0.4) is 0 Å². The topological polar surface area (TPSA) is 121 Å². The third-order valence-corrected chi connectivity index (χ3v) is 10.6. The lowest BCUT2D eigenvalue weighted by molar-refractivity contribution is -0.143. The number of benzene rings is 1. The predicted octanol–water partition coefficient (Wildman–Crippen LogP) is 4.33. The van der Waals surface area contributed by atoms with E-state index in [9.17, 15) is 18.0 Å². The molecular formula is C27H34N2O7S2. The summed E-state index contributed by atoms with van der Waals surface area (Å²) in [6, 6.07) is 6.47. The molecule has 0 bridgehead atoms. The number of carbonyl (C=O) groups excluding carboxylic acids is 2. The molecule has 2 fully saturated rings. The molecule has 2 unspecified atom stereocenters. The Labute approximate surface area is 227 Å². The summed E-state index contributed by atoms with van der Waals surface area (Å²) >= 11 is 1.43. The van der Waals surface area contributed by atoms with Gasteiger partial charge in [-0.25, -0.2) is 13.4 Å². The fourth-order valence-electron chi connectivity index (χ4n) is 5.05. The molecule has 206 valence electrons. The number of fused-ring (bicyclic) bond motifs is 1. The van der Waals surface area contributed by atoms with Crippen LogP contribution in [0.4, 0.5) is 5.13 Å². The van der Waals surface area contributed by atoms with E-state index in [0.29, 0.717) is 56.2 Å². The van der Waals surface area contributed by atoms with Gasteiger partial charge in [0, 0.05) is 24.0 Å². The number of aromatic nitrogens is 1. The maximum Gasteiger partial charge on any atom is 0.306 e. The van der Waals surface area contributed by atoms with Gasteiger partial charge < -0.3 is 14.2 Å². The zero-order valence-electron chi connectivity index (χ0n) is 21.5. The summed E-state index contributed by atoms with van der Waals surface area (Å²) < 4.78 is 42.1. The number of nitrogens with one attached hydrogen (secondary N) is 1. The highest BCUT2D eigenvalue weighted by molar-refractivity contribution is 7.92. The average Bonchev–Trinajstić information content (AvgIpc) is 3.69. The van der Waals surface area contributed by atoms with Crippen LogP contribution in [0.1, 0.15) is 80.0 Å². The molecule has 2 heterocycles. The minimum absolute atomic E-state index is 0.0186. The molecule has 2 aromatic rings. The predicted molar refractivity (Wildman–Crippen MR) is 142 cm³/mol. The van der Waals surface area contributed by atoms with Crippen molar-refractivity contribution in [1.82, 2.24) is 4.98 Å². The molecule has 38 heavy (non-hydrogen) atoms. The van der Waals surface area contributed by atoms with Crippen molar-refractivity contribution in [1.29, 1.82) is 0 Å². The number of rotatable bonds is 10. The molecule has 9 nitrogen and oxygen atoms in total. The minimum Gasteiger partial charge on any atom is -0.466 e. The zero-order valence-corrected chi connectivity index (χ0v) is 23.2. The molecule has 1 amide bonds. The van der Waals surface area contributed by atoms with E-state index in [1.165, 1.54) is 11.3 Å². The van der Waals surface area contributed by atoms with E-state index in [-0.39, 0.29) is 40.5 Å². The van der Waals surface area contributed by atoms with Gasteiger partial charge in [-0.15, -0.1) is 11.3 Å². The van der Waals surface area contributed by atoms with Gasteiger partial charge in [-0.2, -0.15) is 0 Å². The molecule has 2 aliphatic carbocycles. The highest BCUT2D eigenvalue weighted by atomic mass is 32.2. The summed E-state index contributed by atoms with van der Waals surface area (Å²) in [5.74, 6) is -0.613. The molecule has 2 atom stereocenters. The Morgan fingerprint density at radius 2 is 1.87 bits per heavy atom. The van der Waals surface area contributed by atoms with Crippen LogP contribution in [0, 0.1) is 0 Å². The summed E-state index contributed by atoms with van der Waals surface area (Å²) in [4.78, 5) is 31.7. The minimum atomic E-state index is -3.32. The monoisotopic (exact) mass is 562 g/mol. The first kappa shape index (κ1) is 27.2. The van der Waals surface area contributed by atoms with Crippen molar-refractivity contribution < 1.29 is 32.2 Å². The van der Waals surface area contributed by atoms with Gasteiger partial charge in [0.1, 0.15) is 0 Å². The third-order valence-electron chi connectivity index (χ3n) is 7.23. The van der Waals surface area contributed by atoms with Crippen LogP contribution < -0.4 is 5.32 Å². The SMILES string of the molecule is CCOC(=O)CC1CCCc2sc(NC(=O)C(OC3CCOCC3)c3ccc(S(=O)(=O)C4CC4)cc3)nc21. The first-order chi connectivity index (χ1) is 18.3. The zero-order chi connectivity index (χ0) is 26.7. The van der Waals surface area contributed by atoms with E-state index in [1.807, 2.05) is 0 Å². The number of aryl methyl sites for hydroxylation is 1. The lowest BCUT2D eigenvalue weighted by Crippen LogP contribution is -2.31. The Bertz CT molecular complexity index is 1250. The highest BCUT2D eigenvalue weighted by Crippen LogP contribution is 2.39. The van der Waals surface area contributed by atoms with Gasteiger partial charge in [0.25, 0.3) is 5.91 Å². The Morgan fingerprint density at radius 1 is 1.13 bits per heavy atom. The molecule has 11 heteroatoms. The molecule has 0 radical (unpaired) electrons. The van der Waals surface area contributed by atoms with Gasteiger partial charge in [0.2, 0.25) is 0 Å². The molecule has 1 aromatic carbocycles. The smallest absolute Gasteiger partial charge is 0.306 e. The van der Waals surface area contributed by atoms with Crippen LogP contribution in [0.2, 0.25) is 0 Å². The molecule has 1 N–H and O–H groups in total. The van der Waals surface area contributed by atoms with Crippen LogP contribution in [-0.2, 0) is 40.1 Å². The maximum atomic E-state index is 13.6. The van der Waals surface area contributed by atoms with E-state index >= 15 is 0 Å². The van der Waals surface area contributed by atoms with Gasteiger partial charge in [0.15, 0.2) is 21.1 Å². The Hall–Kier alpha value is -2.34. The second kappa shape index (κ2) is 11.8. The van der Waals surface area contributed by atoms with Gasteiger partial charge in [-0.3, -0.25) is 14.9 Å². The lowest BCUT2D eigenvalue weighted by atomic mass is 9.88. The van der Waals surface area contributed by atoms with E-state index in [0.717, 1.165) is 29.8 Å². The molecule has 1 aliphatic heterocycles. The fraction of sp³-hybridized carbons (Fsp3) is 0.593. The van der Waals surface area contributed by atoms with Crippen molar-refractivity contribution in [2.75, 3.05) is 25.1 Å². The van der Waals surface area contributed by atoms with Gasteiger partial charge >= 0.3 is 5.97 Å². The van der Waals surface area contributed by atoms with Gasteiger partial charge in [-0.1, -0.05) is 12.1 Å². The van der Waals surface area contributed by atoms with Gasteiger partial charge in [0.05, 0.1) is 35.0 Å². The van der Waals surface area contributed by atoms with Crippen molar-refractivity contribution in [2.24, 2.45) is 0 Å². The number of thiazole rings is 1. The van der Waals surface area contributed by atoms with Crippen molar-refractivity contribution in [2.45, 2.75) is 86.6 Å². The highest BCUT2D eigenvalue weighted by Gasteiger charge is 2.37. The molecular weight excluding hydrogens is 528 g/mol. The summed E-state index contributed by atoms with van der Waals surface area (Å²) in [7, 11) is -3.32. The number of nitrogens with zero attached hydrogens (tertiary/aromatic N) is 1. The number of esters is 1. The maximum absolute atomic E-state index is 13.6. The van der Waals surface area contributed by atoms with Crippen LogP contribution in [0.15, 0.2) is 29.2 Å². The first-order valence-corrected chi connectivity index (χ1v) is 15.7. The largest absolute Gasteiger partial charge is 0.466 e. The number of amides is 1. The molecule has 3 aliphatic rings. The van der Waals surface area contributed by atoms with E-state index in [4.69, 9.17) is 19.2 Å². The molecule has 1 saturated carbocycles. The molecule has 5 rings (SSSR count). The summed E-state index contributed by atoms with van der Waals surface area (Å²) in [6.07, 6.45) is 4.64. The van der Waals surface area contributed by atoms with Crippen molar-refractivity contribution in [3.63, 3.8) is 0 Å². The number of ether oxygens (including phenoxy) is 3.